The van der Waals surface area contributed by atoms with Crippen molar-refractivity contribution in [1.82, 2.24) is 4.90 Å². The predicted molar refractivity (Wildman–Crippen MR) is 113 cm³/mol. The molecule has 0 spiro atoms. The molecular weight excluding hydrogens is 422 g/mol. The summed E-state index contributed by atoms with van der Waals surface area (Å²) in [4.78, 5) is 40.4. The van der Waals surface area contributed by atoms with E-state index in [4.69, 9.17) is 4.74 Å². The second-order valence-corrected chi connectivity index (χ2v) is 9.25. The number of ether oxygens (including phenoxy) is 1. The highest BCUT2D eigenvalue weighted by Gasteiger charge is 2.32. The van der Waals surface area contributed by atoms with Gasteiger partial charge in [-0.2, -0.15) is 0 Å². The quantitative estimate of drug-likeness (QED) is 0.508. The summed E-state index contributed by atoms with van der Waals surface area (Å²) in [6.45, 7) is 3.71. The van der Waals surface area contributed by atoms with Crippen LogP contribution >= 0.6 is 0 Å². The van der Waals surface area contributed by atoms with Crippen molar-refractivity contribution in [3.63, 3.8) is 0 Å². The molecule has 0 saturated heterocycles. The summed E-state index contributed by atoms with van der Waals surface area (Å²) in [6.07, 6.45) is 4.21. The van der Waals surface area contributed by atoms with Gasteiger partial charge in [-0.1, -0.05) is 0 Å². The molecule has 1 aromatic rings. The molecule has 4 rings (SSSR count). The molecule has 0 aromatic heterocycles. The van der Waals surface area contributed by atoms with Gasteiger partial charge in [0, 0.05) is 37.5 Å². The second kappa shape index (κ2) is 7.77. The molecule has 3 heterocycles. The first kappa shape index (κ1) is 21.0. The van der Waals surface area contributed by atoms with E-state index in [1.807, 2.05) is 0 Å². The summed E-state index contributed by atoms with van der Waals surface area (Å²) in [5.74, 6) is -1.41. The average molecular weight is 443 g/mol. The van der Waals surface area contributed by atoms with E-state index in [0.29, 0.717) is 18.5 Å². The summed E-state index contributed by atoms with van der Waals surface area (Å²) in [7, 11) is -3.66. The van der Waals surface area contributed by atoms with Crippen molar-refractivity contribution < 1.29 is 27.5 Å². The van der Waals surface area contributed by atoms with E-state index in [-0.39, 0.29) is 35.4 Å². The van der Waals surface area contributed by atoms with Crippen molar-refractivity contribution in [1.29, 1.82) is 0 Å². The number of anilines is 1. The lowest BCUT2D eigenvalue weighted by Gasteiger charge is -2.28. The highest BCUT2D eigenvalue weighted by molar-refractivity contribution is 7.90. The number of sulfonamides is 1. The van der Waals surface area contributed by atoms with Crippen LogP contribution in [0.15, 0.2) is 46.5 Å². The smallest absolute Gasteiger partial charge is 0.342 e. The minimum Gasteiger partial charge on any atom is -0.451 e. The zero-order valence-corrected chi connectivity index (χ0v) is 17.9. The van der Waals surface area contributed by atoms with Crippen molar-refractivity contribution in [2.75, 3.05) is 23.7 Å². The highest BCUT2D eigenvalue weighted by atomic mass is 32.2. The maximum Gasteiger partial charge on any atom is 0.342 e. The summed E-state index contributed by atoms with van der Waals surface area (Å²) in [6, 6.07) is 5.04. The third-order valence-corrected chi connectivity index (χ3v) is 6.52. The van der Waals surface area contributed by atoms with Crippen LogP contribution in [0.25, 0.3) is 0 Å². The monoisotopic (exact) mass is 443 g/mol. The number of carbonyl (C=O) groups is 3. The SMILES string of the molecule is CC(=O)N1CCc2cc(C(=O)C(C)OC(=O)C3=CC=CN4CCS(=O)(=O)N=C34)ccc21. The number of allylic oxidation sites excluding steroid dienone is 2. The van der Waals surface area contributed by atoms with E-state index in [1.165, 1.54) is 19.9 Å². The van der Waals surface area contributed by atoms with E-state index < -0.39 is 22.1 Å². The van der Waals surface area contributed by atoms with Gasteiger partial charge in [-0.3, -0.25) is 9.59 Å². The molecule has 0 N–H and O–H groups in total. The van der Waals surface area contributed by atoms with Crippen molar-refractivity contribution >= 4 is 39.2 Å². The summed E-state index contributed by atoms with van der Waals surface area (Å²) >= 11 is 0. The fourth-order valence-electron chi connectivity index (χ4n) is 3.77. The second-order valence-electron chi connectivity index (χ2n) is 7.49. The van der Waals surface area contributed by atoms with E-state index >= 15 is 0 Å². The molecule has 0 saturated carbocycles. The lowest BCUT2D eigenvalue weighted by molar-refractivity contribution is -0.141. The molecule has 1 unspecified atom stereocenters. The number of Topliss-reactive ketones (excluding diaryl/α,β-unsaturated/α-hetero) is 1. The molecule has 0 aliphatic carbocycles. The zero-order valence-electron chi connectivity index (χ0n) is 17.1. The van der Waals surface area contributed by atoms with Crippen LogP contribution in [0.2, 0.25) is 0 Å². The van der Waals surface area contributed by atoms with E-state index in [2.05, 4.69) is 4.40 Å². The Morgan fingerprint density at radius 1 is 1.19 bits per heavy atom. The first-order valence-corrected chi connectivity index (χ1v) is 11.4. The molecule has 0 radical (unpaired) electrons. The molecule has 31 heavy (non-hydrogen) atoms. The maximum atomic E-state index is 12.8. The number of hydrogen-bond donors (Lipinski definition) is 0. The Bertz CT molecular complexity index is 1180. The van der Waals surface area contributed by atoms with Crippen LogP contribution in [0.1, 0.15) is 29.8 Å². The molecule has 9 nitrogen and oxygen atoms in total. The van der Waals surface area contributed by atoms with Crippen LogP contribution in [0.4, 0.5) is 5.69 Å². The molecular formula is C21H21N3O6S. The fraction of sp³-hybridized carbons (Fsp3) is 0.333. The zero-order chi connectivity index (χ0) is 22.3. The maximum absolute atomic E-state index is 12.8. The Kier molecular flexibility index (Phi) is 5.26. The summed E-state index contributed by atoms with van der Waals surface area (Å²) in [5.41, 5.74) is 2.03. The normalized spacial score (nSPS) is 19.7. The minimum absolute atomic E-state index is 0.000235. The molecule has 1 amide bonds. The largest absolute Gasteiger partial charge is 0.451 e. The van der Waals surface area contributed by atoms with Crippen LogP contribution in [-0.4, -0.2) is 61.8 Å². The van der Waals surface area contributed by atoms with Crippen molar-refractivity contribution in [3.8, 4) is 0 Å². The number of nitrogens with zero attached hydrogens (tertiary/aromatic N) is 3. The number of fused-ring (bicyclic) bond motifs is 2. The Hall–Kier alpha value is -3.27. The van der Waals surface area contributed by atoms with E-state index in [0.717, 1.165) is 11.3 Å². The van der Waals surface area contributed by atoms with Crippen molar-refractivity contribution in [2.24, 2.45) is 4.40 Å². The molecule has 0 bridgehead atoms. The minimum atomic E-state index is -3.66. The fourth-order valence-corrected chi connectivity index (χ4v) is 4.76. The molecule has 162 valence electrons. The van der Waals surface area contributed by atoms with E-state index in [9.17, 15) is 22.8 Å². The highest BCUT2D eigenvalue weighted by Crippen LogP contribution is 2.29. The number of carbonyl (C=O) groups excluding carboxylic acids is 3. The molecule has 10 heteroatoms. The first-order chi connectivity index (χ1) is 14.7. The summed E-state index contributed by atoms with van der Waals surface area (Å²) < 4.78 is 32.7. The van der Waals surface area contributed by atoms with Gasteiger partial charge in [0.25, 0.3) is 10.0 Å². The molecule has 1 atom stereocenters. The Labute approximate surface area is 179 Å². The number of amidine groups is 1. The third kappa shape index (κ3) is 4.02. The third-order valence-electron chi connectivity index (χ3n) is 5.37. The Balaban J connectivity index is 1.50. The number of ketones is 1. The van der Waals surface area contributed by atoms with Gasteiger partial charge in [-0.25, -0.2) is 13.2 Å². The van der Waals surface area contributed by atoms with Gasteiger partial charge in [0.2, 0.25) is 11.7 Å². The van der Waals surface area contributed by atoms with Crippen LogP contribution in [0, 0.1) is 0 Å². The van der Waals surface area contributed by atoms with Crippen LogP contribution < -0.4 is 4.90 Å². The van der Waals surface area contributed by atoms with Gasteiger partial charge in [-0.05, 0) is 49.3 Å². The lowest BCUT2D eigenvalue weighted by atomic mass is 10.0. The van der Waals surface area contributed by atoms with E-state index in [1.54, 1.807) is 40.3 Å². The standard InChI is InChI=1S/C21H21N3O6S/c1-13(19(26)16-5-6-18-15(12-16)7-9-24(18)14(2)25)30-21(27)17-4-3-8-23-10-11-31(28,29)22-20(17)23/h3-6,8,12-13H,7,9-11H2,1-2H3. The van der Waals surface area contributed by atoms with Gasteiger partial charge >= 0.3 is 5.97 Å². The van der Waals surface area contributed by atoms with Crippen molar-refractivity contribution in [2.45, 2.75) is 26.4 Å². The average Bonchev–Trinajstić information content (AvgIpc) is 3.15. The Morgan fingerprint density at radius 2 is 1.97 bits per heavy atom. The van der Waals surface area contributed by atoms with Crippen LogP contribution in [0.5, 0.6) is 0 Å². The van der Waals surface area contributed by atoms with Gasteiger partial charge < -0.3 is 14.5 Å². The Morgan fingerprint density at radius 3 is 2.71 bits per heavy atom. The number of benzene rings is 1. The van der Waals surface area contributed by atoms with Crippen LogP contribution in [-0.2, 0) is 30.8 Å². The molecule has 0 fully saturated rings. The first-order valence-electron chi connectivity index (χ1n) is 9.80. The van der Waals surface area contributed by atoms with Gasteiger partial charge in [0.15, 0.2) is 11.9 Å². The topological polar surface area (TPSA) is 113 Å². The number of hydrogen-bond acceptors (Lipinski definition) is 7. The number of amides is 1. The number of esters is 1. The predicted octanol–water partition coefficient (Wildman–Crippen LogP) is 1.21. The van der Waals surface area contributed by atoms with Gasteiger partial charge in [0.1, 0.15) is 5.57 Å². The molecule has 3 aliphatic heterocycles. The summed E-state index contributed by atoms with van der Waals surface area (Å²) in [5, 5.41) is 0. The lowest BCUT2D eigenvalue weighted by Crippen LogP contribution is -2.40. The van der Waals surface area contributed by atoms with Gasteiger partial charge in [-0.15, -0.1) is 4.40 Å². The number of rotatable bonds is 4. The van der Waals surface area contributed by atoms with Gasteiger partial charge in [0.05, 0.1) is 5.75 Å². The van der Waals surface area contributed by atoms with Crippen molar-refractivity contribution in [3.05, 3.63) is 53.3 Å². The molecule has 3 aliphatic rings. The van der Waals surface area contributed by atoms with Crippen LogP contribution in [0.3, 0.4) is 0 Å². The molecule has 1 aromatic carbocycles.